The van der Waals surface area contributed by atoms with Crippen LogP contribution in [-0.2, 0) is 16.1 Å². The zero-order valence-corrected chi connectivity index (χ0v) is 14.3. The number of hydrogen-bond acceptors (Lipinski definition) is 4. The van der Waals surface area contributed by atoms with Crippen molar-refractivity contribution >= 4 is 5.91 Å². The van der Waals surface area contributed by atoms with Crippen molar-refractivity contribution in [3.63, 3.8) is 0 Å². The molecule has 0 unspecified atom stereocenters. The van der Waals surface area contributed by atoms with E-state index in [1.165, 1.54) is 0 Å². The number of hydrogen-bond donors (Lipinski definition) is 0. The summed E-state index contributed by atoms with van der Waals surface area (Å²) in [7, 11) is 1.61. The highest BCUT2D eigenvalue weighted by atomic mass is 16.5. The van der Waals surface area contributed by atoms with Crippen molar-refractivity contribution in [1.29, 1.82) is 0 Å². The highest BCUT2D eigenvalue weighted by Gasteiger charge is 2.37. The van der Waals surface area contributed by atoms with Crippen LogP contribution in [-0.4, -0.2) is 42.2 Å². The van der Waals surface area contributed by atoms with Crippen molar-refractivity contribution in [3.05, 3.63) is 46.6 Å². The molecule has 6 nitrogen and oxygen atoms in total. The van der Waals surface area contributed by atoms with E-state index in [-0.39, 0.29) is 17.4 Å². The van der Waals surface area contributed by atoms with Gasteiger partial charge in [0, 0.05) is 50.0 Å². The lowest BCUT2D eigenvalue weighted by Gasteiger charge is -2.43. The summed E-state index contributed by atoms with van der Waals surface area (Å²) in [5.41, 5.74) is 1.99. The van der Waals surface area contributed by atoms with Crippen LogP contribution in [0.2, 0.25) is 0 Å². The van der Waals surface area contributed by atoms with Crippen molar-refractivity contribution in [1.82, 2.24) is 9.47 Å². The molecule has 0 saturated carbocycles. The SMILES string of the molecule is COCCC(=O)N1C[C@@H]2C[C@H](C1)c1c(-c3ccco3)ccc(=O)n1C2. The third-order valence-corrected chi connectivity index (χ3v) is 5.25. The molecule has 0 aromatic carbocycles. The van der Waals surface area contributed by atoms with E-state index in [4.69, 9.17) is 9.15 Å². The van der Waals surface area contributed by atoms with Crippen LogP contribution in [0.1, 0.15) is 24.5 Å². The number of pyridine rings is 1. The average Bonchev–Trinajstić information content (AvgIpc) is 3.14. The lowest BCUT2D eigenvalue weighted by molar-refractivity contribution is -0.134. The number of fused-ring (bicyclic) bond motifs is 4. The van der Waals surface area contributed by atoms with Crippen LogP contribution in [0.25, 0.3) is 11.3 Å². The third-order valence-electron chi connectivity index (χ3n) is 5.25. The molecular formula is C19H22N2O4. The Balaban J connectivity index is 1.70. The van der Waals surface area contributed by atoms with E-state index in [0.29, 0.717) is 32.0 Å². The molecule has 0 N–H and O–H groups in total. The molecule has 25 heavy (non-hydrogen) atoms. The van der Waals surface area contributed by atoms with Gasteiger partial charge in [0.05, 0.1) is 19.3 Å². The first kappa shape index (κ1) is 16.1. The predicted octanol–water partition coefficient (Wildman–Crippen LogP) is 2.09. The minimum atomic E-state index is 0.0270. The maximum atomic E-state index is 12.4. The fourth-order valence-corrected chi connectivity index (χ4v) is 4.21. The van der Waals surface area contributed by atoms with E-state index in [1.807, 2.05) is 27.7 Å². The maximum Gasteiger partial charge on any atom is 0.250 e. The smallest absolute Gasteiger partial charge is 0.250 e. The van der Waals surface area contributed by atoms with Crippen LogP contribution in [0.15, 0.2) is 39.7 Å². The van der Waals surface area contributed by atoms with Gasteiger partial charge in [-0.3, -0.25) is 9.59 Å². The molecule has 6 heteroatoms. The number of ether oxygens (including phenoxy) is 1. The van der Waals surface area contributed by atoms with Gasteiger partial charge in [0.15, 0.2) is 0 Å². The van der Waals surface area contributed by atoms with Gasteiger partial charge in [-0.05, 0) is 30.5 Å². The fourth-order valence-electron chi connectivity index (χ4n) is 4.21. The molecule has 0 aliphatic carbocycles. The van der Waals surface area contributed by atoms with Gasteiger partial charge in [-0.1, -0.05) is 0 Å². The van der Waals surface area contributed by atoms with Gasteiger partial charge in [0.2, 0.25) is 5.91 Å². The highest BCUT2D eigenvalue weighted by Crippen LogP contribution is 2.40. The zero-order chi connectivity index (χ0) is 17.4. The monoisotopic (exact) mass is 342 g/mol. The molecule has 0 radical (unpaired) electrons. The van der Waals surface area contributed by atoms with Crippen LogP contribution in [0.5, 0.6) is 0 Å². The second-order valence-corrected chi connectivity index (χ2v) is 6.90. The second-order valence-electron chi connectivity index (χ2n) is 6.90. The Morgan fingerprint density at radius 3 is 2.92 bits per heavy atom. The number of piperidine rings is 1. The number of furan rings is 1. The summed E-state index contributed by atoms with van der Waals surface area (Å²) in [4.78, 5) is 26.8. The zero-order valence-electron chi connectivity index (χ0n) is 14.3. The predicted molar refractivity (Wildman–Crippen MR) is 92.3 cm³/mol. The number of nitrogens with zero attached hydrogens (tertiary/aromatic N) is 2. The van der Waals surface area contributed by atoms with Gasteiger partial charge < -0.3 is 18.6 Å². The van der Waals surface area contributed by atoms with Crippen LogP contribution in [0.4, 0.5) is 0 Å². The van der Waals surface area contributed by atoms with Gasteiger partial charge in [0.1, 0.15) is 5.76 Å². The minimum absolute atomic E-state index is 0.0270. The molecule has 1 amide bonds. The molecule has 1 saturated heterocycles. The molecule has 4 rings (SSSR count). The van der Waals surface area contributed by atoms with Crippen LogP contribution in [0, 0.1) is 5.92 Å². The number of rotatable bonds is 4. The Morgan fingerprint density at radius 1 is 1.28 bits per heavy atom. The summed E-state index contributed by atoms with van der Waals surface area (Å²) < 4.78 is 12.5. The number of aromatic nitrogens is 1. The topological polar surface area (TPSA) is 64.7 Å². The largest absolute Gasteiger partial charge is 0.464 e. The van der Waals surface area contributed by atoms with Crippen molar-refractivity contribution in [3.8, 4) is 11.3 Å². The highest BCUT2D eigenvalue weighted by molar-refractivity contribution is 5.76. The molecule has 132 valence electrons. The normalized spacial score (nSPS) is 21.9. The summed E-state index contributed by atoms with van der Waals surface area (Å²) in [6.45, 7) is 2.47. The third kappa shape index (κ3) is 2.91. The summed E-state index contributed by atoms with van der Waals surface area (Å²) in [6.07, 6.45) is 3.05. The molecule has 4 heterocycles. The average molecular weight is 342 g/mol. The van der Waals surface area contributed by atoms with Crippen LogP contribution < -0.4 is 5.56 Å². The first-order chi connectivity index (χ1) is 12.2. The molecule has 0 spiro atoms. The molecule has 1 fully saturated rings. The van der Waals surface area contributed by atoms with E-state index in [9.17, 15) is 9.59 Å². The summed E-state index contributed by atoms with van der Waals surface area (Å²) >= 11 is 0. The minimum Gasteiger partial charge on any atom is -0.464 e. The molecular weight excluding hydrogens is 320 g/mol. The Kier molecular flexibility index (Phi) is 4.21. The van der Waals surface area contributed by atoms with Gasteiger partial charge in [-0.2, -0.15) is 0 Å². The summed E-state index contributed by atoms with van der Waals surface area (Å²) in [6, 6.07) is 7.23. The summed E-state index contributed by atoms with van der Waals surface area (Å²) in [5.74, 6) is 1.38. The molecule has 2 aromatic heterocycles. The summed E-state index contributed by atoms with van der Waals surface area (Å²) in [5, 5.41) is 0. The van der Waals surface area contributed by atoms with Crippen molar-refractivity contribution < 1.29 is 13.9 Å². The lowest BCUT2D eigenvalue weighted by Crippen LogP contribution is -2.49. The van der Waals surface area contributed by atoms with Crippen LogP contribution in [0.3, 0.4) is 0 Å². The number of likely N-dealkylation sites (tertiary alicyclic amines) is 1. The van der Waals surface area contributed by atoms with Gasteiger partial charge in [-0.15, -0.1) is 0 Å². The molecule has 2 bridgehead atoms. The van der Waals surface area contributed by atoms with Gasteiger partial charge >= 0.3 is 0 Å². The number of methoxy groups -OCH3 is 1. The Morgan fingerprint density at radius 2 is 2.16 bits per heavy atom. The fraction of sp³-hybridized carbons (Fsp3) is 0.474. The number of carbonyl (C=O) groups is 1. The first-order valence-electron chi connectivity index (χ1n) is 8.71. The first-order valence-corrected chi connectivity index (χ1v) is 8.71. The number of amides is 1. The van der Waals surface area contributed by atoms with Crippen molar-refractivity contribution in [2.24, 2.45) is 5.92 Å². The van der Waals surface area contributed by atoms with Gasteiger partial charge in [-0.25, -0.2) is 0 Å². The second kappa shape index (κ2) is 6.52. The van der Waals surface area contributed by atoms with E-state index >= 15 is 0 Å². The van der Waals surface area contributed by atoms with E-state index in [0.717, 1.165) is 30.0 Å². The van der Waals surface area contributed by atoms with Crippen molar-refractivity contribution in [2.45, 2.75) is 25.3 Å². The maximum absolute atomic E-state index is 12.4. The molecule has 2 aromatic rings. The van der Waals surface area contributed by atoms with Gasteiger partial charge in [0.25, 0.3) is 5.56 Å². The Labute approximate surface area is 146 Å². The standard InChI is InChI=1S/C19H22N2O4/c1-24-8-6-17(22)20-10-13-9-14(12-20)19-15(16-3-2-7-25-16)4-5-18(23)21(19)11-13/h2-5,7,13-14H,6,8-12H2,1H3/t13-,14+/m0/s1. The van der Waals surface area contributed by atoms with E-state index in [1.54, 1.807) is 19.4 Å². The van der Waals surface area contributed by atoms with Crippen LogP contribution >= 0.6 is 0 Å². The molecule has 2 aliphatic rings. The quantitative estimate of drug-likeness (QED) is 0.853. The lowest BCUT2D eigenvalue weighted by atomic mass is 9.81. The molecule has 2 atom stereocenters. The Hall–Kier alpha value is -2.34. The Bertz CT molecular complexity index is 824. The van der Waals surface area contributed by atoms with E-state index < -0.39 is 0 Å². The number of carbonyl (C=O) groups excluding carboxylic acids is 1. The van der Waals surface area contributed by atoms with E-state index in [2.05, 4.69) is 0 Å². The van der Waals surface area contributed by atoms with Crippen molar-refractivity contribution in [2.75, 3.05) is 26.8 Å². The molecule has 2 aliphatic heterocycles.